The van der Waals surface area contributed by atoms with Crippen LogP contribution in [0, 0.1) is 0 Å². The van der Waals surface area contributed by atoms with E-state index in [0.29, 0.717) is 5.84 Å². The summed E-state index contributed by atoms with van der Waals surface area (Å²) in [6.07, 6.45) is 8.39. The zero-order valence-electron chi connectivity index (χ0n) is 29.7. The topological polar surface area (TPSA) is 62.5 Å². The quantitative estimate of drug-likeness (QED) is 0.172. The highest BCUT2D eigenvalue weighted by Crippen LogP contribution is 2.39. The molecule has 1 atom stereocenters. The van der Waals surface area contributed by atoms with Crippen molar-refractivity contribution >= 4 is 11.7 Å². The number of amidine groups is 2. The largest absolute Gasteiger partial charge is 0.344 e. The molecule has 0 saturated carbocycles. The highest BCUT2D eigenvalue weighted by Gasteiger charge is 2.24. The van der Waals surface area contributed by atoms with Crippen LogP contribution in [0.3, 0.4) is 0 Å². The van der Waals surface area contributed by atoms with Gasteiger partial charge in [-0.05, 0) is 35.6 Å². The van der Waals surface area contributed by atoms with Gasteiger partial charge in [0.15, 0.2) is 5.84 Å². The second-order valence-corrected chi connectivity index (χ2v) is 13.4. The second-order valence-electron chi connectivity index (χ2n) is 13.4. The van der Waals surface area contributed by atoms with E-state index in [0.717, 1.165) is 91.5 Å². The van der Waals surface area contributed by atoms with Crippen LogP contribution in [0.25, 0.3) is 56.2 Å². The Hall–Kier alpha value is -6.98. The lowest BCUT2D eigenvalue weighted by atomic mass is 9.94. The lowest BCUT2D eigenvalue weighted by Crippen LogP contribution is -2.34. The molecule has 1 N–H and O–H groups in total. The first kappa shape index (κ1) is 32.9. The molecule has 5 nitrogen and oxygen atoms in total. The highest BCUT2D eigenvalue weighted by atomic mass is 15.2. The van der Waals surface area contributed by atoms with Crippen molar-refractivity contribution in [1.82, 2.24) is 15.3 Å². The van der Waals surface area contributed by atoms with Gasteiger partial charge in [0, 0.05) is 33.4 Å². The number of benzene rings is 6. The number of nitrogens with zero attached hydrogens (tertiary/aromatic N) is 4. The average Bonchev–Trinajstić information content (AvgIpc) is 3.27. The van der Waals surface area contributed by atoms with Crippen molar-refractivity contribution in [3.05, 3.63) is 205 Å². The van der Waals surface area contributed by atoms with Gasteiger partial charge in [0.25, 0.3) is 0 Å². The maximum absolute atomic E-state index is 5.49. The van der Waals surface area contributed by atoms with Gasteiger partial charge in [-0.15, -0.1) is 0 Å². The number of nitrogens with one attached hydrogen (secondary N) is 1. The number of hydrogen-bond acceptors (Lipinski definition) is 5. The zero-order chi connectivity index (χ0) is 36.1. The van der Waals surface area contributed by atoms with Crippen LogP contribution in [0.1, 0.15) is 30.1 Å². The molecule has 5 heteroatoms. The lowest BCUT2D eigenvalue weighted by Gasteiger charge is -2.25. The van der Waals surface area contributed by atoms with Crippen LogP contribution >= 0.6 is 0 Å². The third-order valence-electron chi connectivity index (χ3n) is 9.78. The van der Waals surface area contributed by atoms with Gasteiger partial charge >= 0.3 is 0 Å². The summed E-state index contributed by atoms with van der Waals surface area (Å²) in [6.45, 7) is 0. The number of aromatic nitrogens is 2. The molecule has 1 aliphatic carbocycles. The number of rotatable bonds is 8. The lowest BCUT2D eigenvalue weighted by molar-refractivity contribution is 0.674. The van der Waals surface area contributed by atoms with E-state index in [1.165, 1.54) is 0 Å². The Bertz CT molecular complexity index is 2560. The molecule has 9 rings (SSSR count). The molecule has 6 aromatic carbocycles. The van der Waals surface area contributed by atoms with Crippen molar-refractivity contribution in [2.24, 2.45) is 9.98 Å². The predicted octanol–water partition coefficient (Wildman–Crippen LogP) is 11.5. The van der Waals surface area contributed by atoms with Crippen molar-refractivity contribution in [1.29, 1.82) is 0 Å². The van der Waals surface area contributed by atoms with Crippen molar-refractivity contribution in [2.45, 2.75) is 19.0 Å². The molecule has 0 saturated heterocycles. The summed E-state index contributed by atoms with van der Waals surface area (Å²) in [5, 5.41) is 3.61. The summed E-state index contributed by atoms with van der Waals surface area (Å²) in [5.74, 6) is 1.53. The van der Waals surface area contributed by atoms with Crippen LogP contribution in [0.4, 0.5) is 0 Å². The first-order valence-electron chi connectivity index (χ1n) is 18.4. The highest BCUT2D eigenvalue weighted by molar-refractivity contribution is 6.16. The molecule has 1 aromatic heterocycles. The fraction of sp³-hybridized carbons (Fsp3) is 0.0612. The standard InChI is InChI=1S/C49H37N5/c1-6-19-34(20-7-1)43-44(35-21-8-2-9-22-35)51-46(45(50-43)36-23-10-3-11-24-36)40-30-18-29-39(33-40)41-31-16-17-32-42(41)49-53-47(37-25-12-4-13-26-37)52-48(54-49)38-27-14-5-15-28-38/h1-4,6-14,16-33,47H,5,15H2,(H,52,53,54). The Morgan fingerprint density at radius 1 is 0.463 bits per heavy atom. The fourth-order valence-corrected chi connectivity index (χ4v) is 7.10. The molecule has 0 spiro atoms. The minimum absolute atomic E-state index is 0.271. The Morgan fingerprint density at radius 3 is 1.54 bits per heavy atom. The smallest absolute Gasteiger partial charge is 0.160 e. The zero-order valence-corrected chi connectivity index (χ0v) is 29.7. The number of aliphatic imine (C=N–C) groups is 2. The summed E-state index contributed by atoms with van der Waals surface area (Å²) >= 11 is 0. The van der Waals surface area contributed by atoms with E-state index in [4.69, 9.17) is 20.0 Å². The van der Waals surface area contributed by atoms with Crippen LogP contribution < -0.4 is 5.32 Å². The number of allylic oxidation sites excluding steroid dienone is 2. The molecular weight excluding hydrogens is 659 g/mol. The molecule has 2 aliphatic rings. The van der Waals surface area contributed by atoms with Gasteiger partial charge in [-0.1, -0.05) is 182 Å². The van der Waals surface area contributed by atoms with E-state index in [1.807, 2.05) is 36.4 Å². The molecule has 258 valence electrons. The van der Waals surface area contributed by atoms with Crippen LogP contribution in [0.5, 0.6) is 0 Å². The summed E-state index contributed by atoms with van der Waals surface area (Å²) in [5.41, 5.74) is 12.6. The van der Waals surface area contributed by atoms with Gasteiger partial charge in [-0.3, -0.25) is 0 Å². The normalized spacial score (nSPS) is 15.1. The van der Waals surface area contributed by atoms with E-state index in [1.54, 1.807) is 0 Å². The third kappa shape index (κ3) is 6.71. The Kier molecular flexibility index (Phi) is 9.10. The van der Waals surface area contributed by atoms with Crippen LogP contribution in [0.2, 0.25) is 0 Å². The molecule has 1 unspecified atom stereocenters. The molecule has 1 aliphatic heterocycles. The van der Waals surface area contributed by atoms with Gasteiger partial charge in [0.1, 0.15) is 12.0 Å². The molecule has 2 heterocycles. The summed E-state index contributed by atoms with van der Waals surface area (Å²) in [6, 6.07) is 58.4. The van der Waals surface area contributed by atoms with E-state index in [9.17, 15) is 0 Å². The molecule has 54 heavy (non-hydrogen) atoms. The minimum atomic E-state index is -0.271. The average molecular weight is 696 g/mol. The van der Waals surface area contributed by atoms with Crippen LogP contribution in [0.15, 0.2) is 204 Å². The van der Waals surface area contributed by atoms with E-state index < -0.39 is 0 Å². The first-order chi connectivity index (χ1) is 26.8. The molecule has 0 bridgehead atoms. The fourth-order valence-electron chi connectivity index (χ4n) is 7.10. The van der Waals surface area contributed by atoms with Gasteiger partial charge in [0.05, 0.1) is 22.8 Å². The Balaban J connectivity index is 1.20. The molecular formula is C49H37N5. The van der Waals surface area contributed by atoms with E-state index >= 15 is 0 Å². The summed E-state index contributed by atoms with van der Waals surface area (Å²) in [4.78, 5) is 21.3. The molecule has 0 radical (unpaired) electrons. The first-order valence-corrected chi connectivity index (χ1v) is 18.4. The van der Waals surface area contributed by atoms with Gasteiger partial charge < -0.3 is 5.32 Å². The molecule has 7 aromatic rings. The monoisotopic (exact) mass is 695 g/mol. The minimum Gasteiger partial charge on any atom is -0.344 e. The van der Waals surface area contributed by atoms with Crippen LogP contribution in [-0.2, 0) is 0 Å². The van der Waals surface area contributed by atoms with Gasteiger partial charge in [-0.2, -0.15) is 0 Å². The number of hydrogen-bond donors (Lipinski definition) is 1. The van der Waals surface area contributed by atoms with Crippen molar-refractivity contribution in [2.75, 3.05) is 0 Å². The summed E-state index contributed by atoms with van der Waals surface area (Å²) < 4.78 is 0. The Labute approximate surface area is 315 Å². The van der Waals surface area contributed by atoms with Crippen molar-refractivity contribution in [3.8, 4) is 56.2 Å². The molecule has 0 amide bonds. The second kappa shape index (κ2) is 14.9. The SMILES string of the molecule is C1=CC(C2=NC(c3ccccc3-c3cccc(-c4nc(-c5ccccc5)c(-c5ccccc5)nc4-c4ccccc4)c3)=NC(c3ccccc3)N2)=CCC1. The third-order valence-corrected chi connectivity index (χ3v) is 9.78. The Morgan fingerprint density at radius 2 is 0.963 bits per heavy atom. The van der Waals surface area contributed by atoms with E-state index in [-0.39, 0.29) is 6.17 Å². The van der Waals surface area contributed by atoms with Crippen molar-refractivity contribution < 1.29 is 0 Å². The van der Waals surface area contributed by atoms with Crippen molar-refractivity contribution in [3.63, 3.8) is 0 Å². The maximum atomic E-state index is 5.49. The van der Waals surface area contributed by atoms with E-state index in [2.05, 4.69) is 157 Å². The summed E-state index contributed by atoms with van der Waals surface area (Å²) in [7, 11) is 0. The predicted molar refractivity (Wildman–Crippen MR) is 222 cm³/mol. The van der Waals surface area contributed by atoms with Gasteiger partial charge in [0.2, 0.25) is 0 Å². The maximum Gasteiger partial charge on any atom is 0.160 e. The van der Waals surface area contributed by atoms with Crippen LogP contribution in [-0.4, -0.2) is 21.6 Å². The van der Waals surface area contributed by atoms with Gasteiger partial charge in [-0.25, -0.2) is 20.0 Å². The molecule has 0 fully saturated rings.